The van der Waals surface area contributed by atoms with Crippen molar-refractivity contribution in [3.8, 4) is 0 Å². The van der Waals surface area contributed by atoms with Gasteiger partial charge >= 0.3 is 0 Å². The number of likely N-dealkylation sites (N-methyl/N-ethyl adjacent to an activating group) is 1. The van der Waals surface area contributed by atoms with Gasteiger partial charge in [0.15, 0.2) is 0 Å². The van der Waals surface area contributed by atoms with Crippen molar-refractivity contribution in [1.29, 1.82) is 0 Å². The van der Waals surface area contributed by atoms with Gasteiger partial charge in [-0.25, -0.2) is 0 Å². The Hall–Kier alpha value is -0.340. The molecule has 1 heterocycles. The number of piperazine rings is 1. The zero-order chi connectivity index (χ0) is 9.84. The van der Waals surface area contributed by atoms with Crippen LogP contribution in [0.1, 0.15) is 20.3 Å². The van der Waals surface area contributed by atoms with Crippen molar-refractivity contribution < 1.29 is 0 Å². The van der Waals surface area contributed by atoms with E-state index in [1.807, 2.05) is 0 Å². The summed E-state index contributed by atoms with van der Waals surface area (Å²) in [5.74, 6) is 0. The molecular weight excluding hydrogens is 160 g/mol. The van der Waals surface area contributed by atoms with Crippen LogP contribution in [-0.2, 0) is 0 Å². The minimum Gasteiger partial charge on any atom is -0.304 e. The average Bonchev–Trinajstić information content (AvgIpc) is 2.09. The molecule has 0 spiro atoms. The molecule has 0 amide bonds. The van der Waals surface area contributed by atoms with E-state index in [1.165, 1.54) is 25.2 Å². The minimum absolute atomic E-state index is 0.682. The summed E-state index contributed by atoms with van der Waals surface area (Å²) < 4.78 is 0. The molecule has 0 N–H and O–H groups in total. The summed E-state index contributed by atoms with van der Waals surface area (Å²) in [6.07, 6.45) is 1.11. The molecule has 0 aromatic heterocycles. The number of rotatable bonds is 3. The third-order valence-electron chi connectivity index (χ3n) is 2.89. The Kier molecular flexibility index (Phi) is 3.94. The maximum Gasteiger partial charge on any atom is 0.0198 e. The summed E-state index contributed by atoms with van der Waals surface area (Å²) in [6, 6.07) is 0.682. The van der Waals surface area contributed by atoms with E-state index in [-0.39, 0.29) is 0 Å². The summed E-state index contributed by atoms with van der Waals surface area (Å²) in [5, 5.41) is 0. The summed E-state index contributed by atoms with van der Waals surface area (Å²) in [4.78, 5) is 4.93. The van der Waals surface area contributed by atoms with E-state index in [9.17, 15) is 0 Å². The Morgan fingerprint density at radius 1 is 1.46 bits per heavy atom. The lowest BCUT2D eigenvalue weighted by Crippen LogP contribution is -2.50. The largest absolute Gasteiger partial charge is 0.304 e. The first-order valence-electron chi connectivity index (χ1n) is 5.22. The van der Waals surface area contributed by atoms with Crippen LogP contribution in [0, 0.1) is 0 Å². The van der Waals surface area contributed by atoms with Gasteiger partial charge in [0.1, 0.15) is 0 Å². The molecule has 2 heteroatoms. The molecule has 1 aliphatic rings. The third-order valence-corrected chi connectivity index (χ3v) is 2.89. The molecule has 1 unspecified atom stereocenters. The summed E-state index contributed by atoms with van der Waals surface area (Å²) in [5.41, 5.74) is 1.36. The second kappa shape index (κ2) is 4.77. The molecule has 1 aliphatic heterocycles. The lowest BCUT2D eigenvalue weighted by molar-refractivity contribution is 0.109. The smallest absolute Gasteiger partial charge is 0.0198 e. The Bertz CT molecular complexity index is 177. The van der Waals surface area contributed by atoms with Crippen LogP contribution < -0.4 is 0 Å². The van der Waals surface area contributed by atoms with E-state index in [0.29, 0.717) is 6.04 Å². The molecular formula is C11H22N2. The lowest BCUT2D eigenvalue weighted by Gasteiger charge is -2.38. The highest BCUT2D eigenvalue weighted by Gasteiger charge is 2.20. The van der Waals surface area contributed by atoms with Gasteiger partial charge in [-0.05, 0) is 20.4 Å². The van der Waals surface area contributed by atoms with Crippen LogP contribution in [-0.4, -0.2) is 49.1 Å². The maximum absolute atomic E-state index is 4.07. The van der Waals surface area contributed by atoms with Crippen molar-refractivity contribution in [3.05, 3.63) is 12.2 Å². The predicted molar refractivity (Wildman–Crippen MR) is 58.0 cm³/mol. The van der Waals surface area contributed by atoms with Crippen LogP contribution in [0.2, 0.25) is 0 Å². The molecule has 0 aromatic rings. The molecule has 1 rings (SSSR count). The third kappa shape index (κ3) is 3.12. The number of nitrogens with zero attached hydrogens (tertiary/aromatic N) is 2. The Balaban J connectivity index is 2.38. The monoisotopic (exact) mass is 182 g/mol. The molecule has 0 aliphatic carbocycles. The van der Waals surface area contributed by atoms with Gasteiger partial charge in [0.25, 0.3) is 0 Å². The van der Waals surface area contributed by atoms with Crippen molar-refractivity contribution in [1.82, 2.24) is 9.80 Å². The fraction of sp³-hybridized carbons (Fsp3) is 0.818. The van der Waals surface area contributed by atoms with Crippen LogP contribution >= 0.6 is 0 Å². The highest BCUT2D eigenvalue weighted by Crippen LogP contribution is 2.10. The summed E-state index contributed by atoms with van der Waals surface area (Å²) >= 11 is 0. The molecule has 0 bridgehead atoms. The topological polar surface area (TPSA) is 6.48 Å². The zero-order valence-corrected chi connectivity index (χ0v) is 9.21. The van der Waals surface area contributed by atoms with E-state index in [1.54, 1.807) is 0 Å². The van der Waals surface area contributed by atoms with Gasteiger partial charge in [-0.15, -0.1) is 0 Å². The molecule has 0 radical (unpaired) electrons. The number of hydrogen-bond donors (Lipinski definition) is 0. The SMILES string of the molecule is C=C(CC)CN1CCN(C)CC1C. The van der Waals surface area contributed by atoms with Gasteiger partial charge in [0.2, 0.25) is 0 Å². The van der Waals surface area contributed by atoms with Gasteiger partial charge in [-0.2, -0.15) is 0 Å². The first-order valence-corrected chi connectivity index (χ1v) is 5.22. The van der Waals surface area contributed by atoms with E-state index < -0.39 is 0 Å². The first-order chi connectivity index (χ1) is 6.13. The molecule has 2 nitrogen and oxygen atoms in total. The maximum atomic E-state index is 4.07. The normalized spacial score (nSPS) is 26.2. The minimum atomic E-state index is 0.682. The van der Waals surface area contributed by atoms with Crippen LogP contribution in [0.25, 0.3) is 0 Å². The highest BCUT2D eigenvalue weighted by atomic mass is 15.3. The average molecular weight is 182 g/mol. The lowest BCUT2D eigenvalue weighted by atomic mass is 10.1. The molecule has 1 atom stereocenters. The fourth-order valence-corrected chi connectivity index (χ4v) is 1.81. The highest BCUT2D eigenvalue weighted by molar-refractivity contribution is 4.97. The Morgan fingerprint density at radius 2 is 2.15 bits per heavy atom. The Labute approximate surface area is 82.2 Å². The van der Waals surface area contributed by atoms with Crippen molar-refractivity contribution >= 4 is 0 Å². The molecule has 76 valence electrons. The zero-order valence-electron chi connectivity index (χ0n) is 9.21. The molecule has 13 heavy (non-hydrogen) atoms. The summed E-state index contributed by atoms with van der Waals surface area (Å²) in [7, 11) is 2.20. The van der Waals surface area contributed by atoms with Gasteiger partial charge in [0.05, 0.1) is 0 Å². The second-order valence-corrected chi connectivity index (χ2v) is 4.19. The number of hydrogen-bond acceptors (Lipinski definition) is 2. The molecule has 0 aromatic carbocycles. The quantitative estimate of drug-likeness (QED) is 0.612. The molecule has 0 saturated carbocycles. The van der Waals surface area contributed by atoms with Gasteiger partial charge < -0.3 is 4.90 Å². The summed E-state index contributed by atoms with van der Waals surface area (Å²) in [6.45, 7) is 13.2. The van der Waals surface area contributed by atoms with E-state index in [4.69, 9.17) is 0 Å². The van der Waals surface area contributed by atoms with Crippen LogP contribution in [0.4, 0.5) is 0 Å². The van der Waals surface area contributed by atoms with E-state index in [2.05, 4.69) is 37.3 Å². The van der Waals surface area contributed by atoms with Crippen molar-refractivity contribution in [2.24, 2.45) is 0 Å². The van der Waals surface area contributed by atoms with Gasteiger partial charge in [-0.3, -0.25) is 4.90 Å². The Morgan fingerprint density at radius 3 is 2.69 bits per heavy atom. The van der Waals surface area contributed by atoms with Crippen LogP contribution in [0.3, 0.4) is 0 Å². The van der Waals surface area contributed by atoms with Gasteiger partial charge in [0, 0.05) is 32.2 Å². The van der Waals surface area contributed by atoms with Crippen LogP contribution in [0.15, 0.2) is 12.2 Å². The second-order valence-electron chi connectivity index (χ2n) is 4.19. The van der Waals surface area contributed by atoms with E-state index in [0.717, 1.165) is 13.0 Å². The van der Waals surface area contributed by atoms with E-state index >= 15 is 0 Å². The van der Waals surface area contributed by atoms with Crippen LogP contribution in [0.5, 0.6) is 0 Å². The molecule has 1 saturated heterocycles. The fourth-order valence-electron chi connectivity index (χ4n) is 1.81. The van der Waals surface area contributed by atoms with Crippen molar-refractivity contribution in [2.75, 3.05) is 33.2 Å². The predicted octanol–water partition coefficient (Wildman–Crippen LogP) is 1.59. The van der Waals surface area contributed by atoms with Crippen molar-refractivity contribution in [3.63, 3.8) is 0 Å². The van der Waals surface area contributed by atoms with Crippen molar-refractivity contribution in [2.45, 2.75) is 26.3 Å². The molecule has 1 fully saturated rings. The first kappa shape index (κ1) is 10.7. The standard InChI is InChI=1S/C11H22N2/c1-5-10(2)8-13-7-6-12(4)9-11(13)3/h11H,2,5-9H2,1,3-4H3. The van der Waals surface area contributed by atoms with Gasteiger partial charge in [-0.1, -0.05) is 19.1 Å².